The molecule has 0 unspecified atom stereocenters. The minimum Gasteiger partial charge on any atom is -0.492 e. The molecule has 1 N–H and O–H groups in total. The Morgan fingerprint density at radius 3 is 2.42 bits per heavy atom. The number of carbonyl (C=O) groups excluding carboxylic acids is 1. The monoisotopic (exact) mass is 356 g/mol. The van der Waals surface area contributed by atoms with Crippen molar-refractivity contribution < 1.29 is 28.9 Å². The molecule has 0 atom stereocenters. The largest absolute Gasteiger partial charge is 0.492 e. The summed E-state index contributed by atoms with van der Waals surface area (Å²) in [4.78, 5) is 22.8. The molecule has 2 rings (SSSR count). The van der Waals surface area contributed by atoms with Gasteiger partial charge in [-0.05, 0) is 49.4 Å². The molecule has 2 aromatic rings. The van der Waals surface area contributed by atoms with E-state index in [4.69, 9.17) is 19.3 Å². The van der Waals surface area contributed by atoms with E-state index in [1.54, 1.807) is 43.5 Å². The van der Waals surface area contributed by atoms with E-state index in [0.717, 1.165) is 5.56 Å². The fraction of sp³-hybridized carbons (Fsp3) is 0.200. The molecule has 0 aliphatic carbocycles. The number of carboxylic acid groups (broad SMARTS) is 1. The number of allylic oxidation sites excluding steroid dienone is 1. The van der Waals surface area contributed by atoms with E-state index < -0.39 is 12.6 Å². The van der Waals surface area contributed by atoms with Crippen LogP contribution in [0, 0.1) is 0 Å². The van der Waals surface area contributed by atoms with Crippen molar-refractivity contribution in [3.8, 4) is 17.2 Å². The molecular formula is C20H20O6. The van der Waals surface area contributed by atoms with Crippen LogP contribution >= 0.6 is 0 Å². The summed E-state index contributed by atoms with van der Waals surface area (Å²) in [5.74, 6) is 0.314. The second-order valence-electron chi connectivity index (χ2n) is 5.22. The van der Waals surface area contributed by atoms with Crippen molar-refractivity contribution in [2.24, 2.45) is 0 Å². The summed E-state index contributed by atoms with van der Waals surface area (Å²) in [5.41, 5.74) is 1.19. The topological polar surface area (TPSA) is 82.1 Å². The van der Waals surface area contributed by atoms with Crippen LogP contribution in [0.25, 0.3) is 6.08 Å². The third-order valence-electron chi connectivity index (χ3n) is 3.43. The number of hydrogen-bond donors (Lipinski definition) is 1. The van der Waals surface area contributed by atoms with Crippen LogP contribution < -0.4 is 14.2 Å². The number of carboxylic acids is 1. The van der Waals surface area contributed by atoms with Crippen molar-refractivity contribution in [1.82, 2.24) is 0 Å². The lowest BCUT2D eigenvalue weighted by molar-refractivity contribution is -0.139. The van der Waals surface area contributed by atoms with Crippen molar-refractivity contribution in [2.75, 3.05) is 20.3 Å². The molecule has 0 spiro atoms. The molecule has 26 heavy (non-hydrogen) atoms. The summed E-state index contributed by atoms with van der Waals surface area (Å²) in [7, 11) is 1.55. The number of carbonyl (C=O) groups is 2. The zero-order valence-electron chi connectivity index (χ0n) is 14.6. The average Bonchev–Trinajstić information content (AvgIpc) is 2.65. The number of aliphatic carboxylic acids is 1. The molecule has 0 aliphatic heterocycles. The summed E-state index contributed by atoms with van der Waals surface area (Å²) >= 11 is 0. The highest BCUT2D eigenvalue weighted by molar-refractivity contribution is 6.07. The molecule has 0 heterocycles. The first-order chi connectivity index (χ1) is 12.5. The van der Waals surface area contributed by atoms with Crippen LogP contribution in [0.1, 0.15) is 22.8 Å². The molecule has 6 heteroatoms. The molecule has 0 bridgehead atoms. The standard InChI is InChI=1S/C20H20O6/c1-3-25-18-6-4-5-15(20(18)24-2)9-12-17(21)14-7-10-16(11-8-14)26-13-19(22)23/h4-12H,3,13H2,1-2H3,(H,22,23)/b12-9+. The molecule has 2 aromatic carbocycles. The number of rotatable bonds is 9. The Bertz CT molecular complexity index is 792. The van der Waals surface area contributed by atoms with Crippen LogP contribution in [0.15, 0.2) is 48.5 Å². The average molecular weight is 356 g/mol. The van der Waals surface area contributed by atoms with Gasteiger partial charge in [-0.3, -0.25) is 4.79 Å². The van der Waals surface area contributed by atoms with Gasteiger partial charge in [0.2, 0.25) is 0 Å². The first-order valence-corrected chi connectivity index (χ1v) is 8.02. The zero-order valence-corrected chi connectivity index (χ0v) is 14.6. The molecule has 6 nitrogen and oxygen atoms in total. The molecule has 0 saturated carbocycles. The lowest BCUT2D eigenvalue weighted by Gasteiger charge is -2.11. The number of benzene rings is 2. The SMILES string of the molecule is CCOc1cccc(/C=C/C(=O)c2ccc(OCC(=O)O)cc2)c1OC. The number of para-hydroxylation sites is 1. The van der Waals surface area contributed by atoms with E-state index in [1.165, 1.54) is 6.08 Å². The fourth-order valence-corrected chi connectivity index (χ4v) is 2.27. The Morgan fingerprint density at radius 1 is 1.08 bits per heavy atom. The number of hydrogen-bond acceptors (Lipinski definition) is 5. The van der Waals surface area contributed by atoms with Gasteiger partial charge in [0.1, 0.15) is 5.75 Å². The second-order valence-corrected chi connectivity index (χ2v) is 5.22. The highest BCUT2D eigenvalue weighted by Crippen LogP contribution is 2.32. The molecule has 0 fully saturated rings. The van der Waals surface area contributed by atoms with Gasteiger partial charge in [0.25, 0.3) is 0 Å². The molecule has 0 saturated heterocycles. The van der Waals surface area contributed by atoms with Crippen molar-refractivity contribution >= 4 is 17.8 Å². The summed E-state index contributed by atoms with van der Waals surface area (Å²) in [5, 5.41) is 8.58. The smallest absolute Gasteiger partial charge is 0.341 e. The summed E-state index contributed by atoms with van der Waals surface area (Å²) in [6.45, 7) is 1.97. The third kappa shape index (κ3) is 5.11. The Balaban J connectivity index is 2.12. The Hall–Kier alpha value is -3.28. The van der Waals surface area contributed by atoms with Gasteiger partial charge in [-0.25, -0.2) is 4.79 Å². The van der Waals surface area contributed by atoms with Crippen LogP contribution in [0.3, 0.4) is 0 Å². The van der Waals surface area contributed by atoms with Gasteiger partial charge in [0.05, 0.1) is 13.7 Å². The van der Waals surface area contributed by atoms with Gasteiger partial charge in [-0.15, -0.1) is 0 Å². The summed E-state index contributed by atoms with van der Waals surface area (Å²) < 4.78 is 15.9. The van der Waals surface area contributed by atoms with Crippen LogP contribution in [-0.4, -0.2) is 37.2 Å². The summed E-state index contributed by atoms with van der Waals surface area (Å²) in [6, 6.07) is 11.7. The van der Waals surface area contributed by atoms with Crippen LogP contribution in [0.2, 0.25) is 0 Å². The lowest BCUT2D eigenvalue weighted by atomic mass is 10.1. The third-order valence-corrected chi connectivity index (χ3v) is 3.43. The van der Waals surface area contributed by atoms with Crippen LogP contribution in [-0.2, 0) is 4.79 Å². The van der Waals surface area contributed by atoms with Gasteiger partial charge in [0.15, 0.2) is 23.9 Å². The maximum absolute atomic E-state index is 12.3. The van der Waals surface area contributed by atoms with Gasteiger partial charge in [0, 0.05) is 11.1 Å². The molecule has 0 aromatic heterocycles. The van der Waals surface area contributed by atoms with E-state index >= 15 is 0 Å². The molecule has 136 valence electrons. The maximum Gasteiger partial charge on any atom is 0.341 e. The molecular weight excluding hydrogens is 336 g/mol. The predicted octanol–water partition coefficient (Wildman–Crippen LogP) is 3.45. The maximum atomic E-state index is 12.3. The minimum absolute atomic E-state index is 0.196. The van der Waals surface area contributed by atoms with Gasteiger partial charge in [-0.1, -0.05) is 12.1 Å². The zero-order chi connectivity index (χ0) is 18.9. The Labute approximate surface area is 151 Å². The highest BCUT2D eigenvalue weighted by Gasteiger charge is 2.09. The van der Waals surface area contributed by atoms with Crippen molar-refractivity contribution in [3.63, 3.8) is 0 Å². The first kappa shape index (κ1) is 19.1. The lowest BCUT2D eigenvalue weighted by Crippen LogP contribution is -2.09. The predicted molar refractivity (Wildman–Crippen MR) is 97.1 cm³/mol. The molecule has 0 radical (unpaired) electrons. The van der Waals surface area contributed by atoms with E-state index in [1.807, 2.05) is 19.1 Å². The fourth-order valence-electron chi connectivity index (χ4n) is 2.27. The number of methoxy groups -OCH3 is 1. The van der Waals surface area contributed by atoms with Crippen molar-refractivity contribution in [2.45, 2.75) is 6.92 Å². The minimum atomic E-state index is -1.06. The Morgan fingerprint density at radius 2 is 1.81 bits per heavy atom. The Kier molecular flexibility index (Phi) is 6.79. The van der Waals surface area contributed by atoms with Gasteiger partial charge >= 0.3 is 5.97 Å². The molecule has 0 aliphatic rings. The number of ketones is 1. The van der Waals surface area contributed by atoms with E-state index in [0.29, 0.717) is 29.4 Å². The van der Waals surface area contributed by atoms with Gasteiger partial charge in [-0.2, -0.15) is 0 Å². The van der Waals surface area contributed by atoms with Crippen LogP contribution in [0.5, 0.6) is 17.2 Å². The normalized spacial score (nSPS) is 10.5. The molecule has 0 amide bonds. The van der Waals surface area contributed by atoms with E-state index in [2.05, 4.69) is 0 Å². The van der Waals surface area contributed by atoms with Gasteiger partial charge < -0.3 is 19.3 Å². The highest BCUT2D eigenvalue weighted by atomic mass is 16.5. The summed E-state index contributed by atoms with van der Waals surface area (Å²) in [6.07, 6.45) is 3.11. The van der Waals surface area contributed by atoms with Crippen LogP contribution in [0.4, 0.5) is 0 Å². The first-order valence-electron chi connectivity index (χ1n) is 8.02. The quantitative estimate of drug-likeness (QED) is 0.547. The number of ether oxygens (including phenoxy) is 3. The van der Waals surface area contributed by atoms with E-state index in [9.17, 15) is 9.59 Å². The van der Waals surface area contributed by atoms with Crippen molar-refractivity contribution in [3.05, 3.63) is 59.7 Å². The van der Waals surface area contributed by atoms with E-state index in [-0.39, 0.29) is 5.78 Å². The van der Waals surface area contributed by atoms with Crippen molar-refractivity contribution in [1.29, 1.82) is 0 Å². The second kappa shape index (κ2) is 9.27.